The molecule has 13 heavy (non-hydrogen) atoms. The van der Waals surface area contributed by atoms with Crippen LogP contribution in [0.3, 0.4) is 0 Å². The van der Waals surface area contributed by atoms with E-state index in [-0.39, 0.29) is 5.56 Å². The Bertz CT molecular complexity index is 319. The highest BCUT2D eigenvalue weighted by Crippen LogP contribution is 1.99. The fraction of sp³-hybridized carbons (Fsp3) is 0.500. The average Bonchev–Trinajstić information content (AvgIpc) is 2.16. The minimum atomic E-state index is 0.132. The topological polar surface area (TPSA) is 22.0 Å². The van der Waals surface area contributed by atoms with Crippen LogP contribution < -0.4 is 5.56 Å². The third-order valence-electron chi connectivity index (χ3n) is 2.00. The highest BCUT2D eigenvalue weighted by Gasteiger charge is 1.99. The maximum atomic E-state index is 11.6. The summed E-state index contributed by atoms with van der Waals surface area (Å²) in [5.41, 5.74) is 0.964. The smallest absolute Gasteiger partial charge is 0.254 e. The SMILES string of the molecule is CCCCn1cccc(CBr)c1=O. The molecule has 0 radical (unpaired) electrons. The Morgan fingerprint density at radius 2 is 2.31 bits per heavy atom. The Morgan fingerprint density at radius 3 is 2.92 bits per heavy atom. The van der Waals surface area contributed by atoms with Gasteiger partial charge in [0.05, 0.1) is 0 Å². The van der Waals surface area contributed by atoms with E-state index >= 15 is 0 Å². The van der Waals surface area contributed by atoms with Crippen molar-refractivity contribution in [3.05, 3.63) is 34.2 Å². The van der Waals surface area contributed by atoms with Crippen molar-refractivity contribution in [3.8, 4) is 0 Å². The van der Waals surface area contributed by atoms with Crippen LogP contribution in [0.15, 0.2) is 23.1 Å². The largest absolute Gasteiger partial charge is 0.315 e. The zero-order valence-corrected chi connectivity index (χ0v) is 9.38. The van der Waals surface area contributed by atoms with Gasteiger partial charge in [0.15, 0.2) is 0 Å². The molecule has 72 valence electrons. The zero-order chi connectivity index (χ0) is 9.68. The summed E-state index contributed by atoms with van der Waals surface area (Å²) < 4.78 is 1.78. The van der Waals surface area contributed by atoms with Gasteiger partial charge in [-0.3, -0.25) is 4.79 Å². The molecule has 0 bridgehead atoms. The molecule has 0 aliphatic rings. The van der Waals surface area contributed by atoms with E-state index in [1.54, 1.807) is 4.57 Å². The Labute approximate surface area is 86.7 Å². The number of halogens is 1. The summed E-state index contributed by atoms with van der Waals surface area (Å²) in [6, 6.07) is 3.78. The molecule has 0 amide bonds. The van der Waals surface area contributed by atoms with Crippen LogP contribution >= 0.6 is 15.9 Å². The summed E-state index contributed by atoms with van der Waals surface area (Å²) in [6.07, 6.45) is 4.03. The number of nitrogens with zero attached hydrogens (tertiary/aromatic N) is 1. The lowest BCUT2D eigenvalue weighted by molar-refractivity contribution is 0.610. The third kappa shape index (κ3) is 2.69. The van der Waals surface area contributed by atoms with Crippen molar-refractivity contribution in [2.45, 2.75) is 31.6 Å². The number of rotatable bonds is 4. The van der Waals surface area contributed by atoms with Crippen molar-refractivity contribution >= 4 is 15.9 Å². The highest BCUT2D eigenvalue weighted by atomic mass is 79.9. The highest BCUT2D eigenvalue weighted by molar-refractivity contribution is 9.08. The fourth-order valence-electron chi connectivity index (χ4n) is 1.19. The van der Waals surface area contributed by atoms with Gasteiger partial charge in [0.1, 0.15) is 0 Å². The minimum Gasteiger partial charge on any atom is -0.315 e. The summed E-state index contributed by atoms with van der Waals surface area (Å²) in [7, 11) is 0. The summed E-state index contributed by atoms with van der Waals surface area (Å²) >= 11 is 3.30. The molecule has 0 saturated carbocycles. The molecule has 0 unspecified atom stereocenters. The van der Waals surface area contributed by atoms with Crippen molar-refractivity contribution in [1.29, 1.82) is 0 Å². The van der Waals surface area contributed by atoms with Crippen LogP contribution in [0, 0.1) is 0 Å². The second-order valence-electron chi connectivity index (χ2n) is 3.02. The lowest BCUT2D eigenvalue weighted by atomic mass is 10.3. The Morgan fingerprint density at radius 1 is 1.54 bits per heavy atom. The predicted molar refractivity (Wildman–Crippen MR) is 58.2 cm³/mol. The minimum absolute atomic E-state index is 0.132. The monoisotopic (exact) mass is 243 g/mol. The van der Waals surface area contributed by atoms with Crippen LogP contribution in [0.2, 0.25) is 0 Å². The molecule has 1 heterocycles. The molecule has 1 rings (SSSR count). The molecule has 1 aromatic heterocycles. The quantitative estimate of drug-likeness (QED) is 0.746. The van der Waals surface area contributed by atoms with Gasteiger partial charge in [-0.15, -0.1) is 0 Å². The molecule has 0 aromatic carbocycles. The van der Waals surface area contributed by atoms with Gasteiger partial charge in [-0.1, -0.05) is 35.3 Å². The molecular weight excluding hydrogens is 230 g/mol. The van der Waals surface area contributed by atoms with E-state index in [0.29, 0.717) is 5.33 Å². The molecule has 0 aliphatic heterocycles. The molecule has 0 spiro atoms. The van der Waals surface area contributed by atoms with Gasteiger partial charge in [-0.05, 0) is 12.5 Å². The van der Waals surface area contributed by atoms with Gasteiger partial charge in [-0.25, -0.2) is 0 Å². The van der Waals surface area contributed by atoms with E-state index in [2.05, 4.69) is 22.9 Å². The summed E-state index contributed by atoms with van der Waals surface area (Å²) in [6.45, 7) is 2.95. The Kier molecular flexibility index (Phi) is 4.22. The van der Waals surface area contributed by atoms with Crippen LogP contribution in [0.5, 0.6) is 0 Å². The number of unbranched alkanes of at least 4 members (excludes halogenated alkanes) is 1. The van der Waals surface area contributed by atoms with E-state index in [1.165, 1.54) is 0 Å². The molecule has 0 N–H and O–H groups in total. The number of hydrogen-bond donors (Lipinski definition) is 0. The maximum absolute atomic E-state index is 11.6. The van der Waals surface area contributed by atoms with Crippen molar-refractivity contribution in [1.82, 2.24) is 4.57 Å². The van der Waals surface area contributed by atoms with Crippen LogP contribution in [0.1, 0.15) is 25.3 Å². The van der Waals surface area contributed by atoms with E-state index in [0.717, 1.165) is 24.9 Å². The van der Waals surface area contributed by atoms with Crippen molar-refractivity contribution < 1.29 is 0 Å². The van der Waals surface area contributed by atoms with Gasteiger partial charge < -0.3 is 4.57 Å². The molecule has 0 atom stereocenters. The first kappa shape index (κ1) is 10.5. The van der Waals surface area contributed by atoms with Gasteiger partial charge in [-0.2, -0.15) is 0 Å². The molecule has 0 saturated heterocycles. The van der Waals surface area contributed by atoms with Crippen LogP contribution in [-0.4, -0.2) is 4.57 Å². The number of hydrogen-bond acceptors (Lipinski definition) is 1. The van der Waals surface area contributed by atoms with Gasteiger partial charge >= 0.3 is 0 Å². The van der Waals surface area contributed by atoms with E-state index in [1.807, 2.05) is 18.3 Å². The van der Waals surface area contributed by atoms with Gasteiger partial charge in [0.25, 0.3) is 5.56 Å². The zero-order valence-electron chi connectivity index (χ0n) is 7.79. The summed E-state index contributed by atoms with van der Waals surface area (Å²) in [4.78, 5) is 11.6. The maximum Gasteiger partial charge on any atom is 0.254 e. The van der Waals surface area contributed by atoms with Gasteiger partial charge in [0, 0.05) is 23.6 Å². The first-order valence-electron chi connectivity index (χ1n) is 4.54. The molecule has 0 aliphatic carbocycles. The van der Waals surface area contributed by atoms with E-state index in [9.17, 15) is 4.79 Å². The lowest BCUT2D eigenvalue weighted by Crippen LogP contribution is -2.22. The summed E-state index contributed by atoms with van der Waals surface area (Å²) in [5.74, 6) is 0. The first-order chi connectivity index (χ1) is 6.29. The second kappa shape index (κ2) is 5.22. The van der Waals surface area contributed by atoms with Crippen molar-refractivity contribution in [2.75, 3.05) is 0 Å². The van der Waals surface area contributed by atoms with E-state index in [4.69, 9.17) is 0 Å². The number of alkyl halides is 1. The molecule has 0 fully saturated rings. The van der Waals surface area contributed by atoms with E-state index < -0.39 is 0 Å². The van der Waals surface area contributed by atoms with Crippen molar-refractivity contribution in [3.63, 3.8) is 0 Å². The van der Waals surface area contributed by atoms with Crippen LogP contribution in [0.4, 0.5) is 0 Å². The molecular formula is C10H14BrNO. The van der Waals surface area contributed by atoms with Crippen molar-refractivity contribution in [2.24, 2.45) is 0 Å². The molecule has 3 heteroatoms. The first-order valence-corrected chi connectivity index (χ1v) is 5.66. The van der Waals surface area contributed by atoms with Crippen LogP contribution in [0.25, 0.3) is 0 Å². The summed E-state index contributed by atoms with van der Waals surface area (Å²) in [5, 5.41) is 0.638. The fourth-order valence-corrected chi connectivity index (χ4v) is 1.62. The average molecular weight is 244 g/mol. The standard InChI is InChI=1S/C10H14BrNO/c1-2-3-6-12-7-4-5-9(8-11)10(12)13/h4-5,7H,2-3,6,8H2,1H3. The van der Waals surface area contributed by atoms with Crippen LogP contribution in [-0.2, 0) is 11.9 Å². The number of aryl methyl sites for hydroxylation is 1. The molecule has 2 nitrogen and oxygen atoms in total. The third-order valence-corrected chi connectivity index (χ3v) is 2.60. The Hall–Kier alpha value is -0.570. The number of pyridine rings is 1. The second-order valence-corrected chi connectivity index (χ2v) is 3.58. The normalized spacial score (nSPS) is 10.3. The number of aromatic nitrogens is 1. The Balaban J connectivity index is 2.88. The predicted octanol–water partition coefficient (Wildman–Crippen LogP) is 2.54. The molecule has 1 aromatic rings. The van der Waals surface area contributed by atoms with Gasteiger partial charge in [0.2, 0.25) is 0 Å². The lowest BCUT2D eigenvalue weighted by Gasteiger charge is -2.05.